The van der Waals surface area contributed by atoms with Gasteiger partial charge in [0.2, 0.25) is 11.8 Å². The van der Waals surface area contributed by atoms with Crippen molar-refractivity contribution in [1.82, 2.24) is 9.97 Å². The zero-order valence-corrected chi connectivity index (χ0v) is 13.4. The van der Waals surface area contributed by atoms with E-state index in [4.69, 9.17) is 14.2 Å². The molecule has 0 unspecified atom stereocenters. The normalized spacial score (nSPS) is 10.2. The molecule has 0 saturated heterocycles. The molecule has 0 aliphatic heterocycles. The molecule has 1 aromatic carbocycles. The van der Waals surface area contributed by atoms with Gasteiger partial charge in [-0.05, 0) is 28.1 Å². The second kappa shape index (κ2) is 7.80. The SMILES string of the molecule is COCCOc1nc(Nc2ccccc2OC)ncc1Br. The topological polar surface area (TPSA) is 65.5 Å². The van der Waals surface area contributed by atoms with Crippen LogP contribution in [-0.2, 0) is 4.74 Å². The number of aromatic nitrogens is 2. The number of benzene rings is 1. The zero-order chi connectivity index (χ0) is 15.1. The first-order valence-corrected chi connectivity index (χ1v) is 7.08. The van der Waals surface area contributed by atoms with E-state index < -0.39 is 0 Å². The van der Waals surface area contributed by atoms with Gasteiger partial charge in [0.25, 0.3) is 0 Å². The lowest BCUT2D eigenvalue weighted by molar-refractivity contribution is 0.143. The molecule has 0 amide bonds. The van der Waals surface area contributed by atoms with Gasteiger partial charge in [0.05, 0.1) is 30.1 Å². The monoisotopic (exact) mass is 353 g/mol. The third-order valence-corrected chi connectivity index (χ3v) is 3.14. The number of rotatable bonds is 7. The highest BCUT2D eigenvalue weighted by Gasteiger charge is 2.08. The summed E-state index contributed by atoms with van der Waals surface area (Å²) >= 11 is 3.35. The fraction of sp³-hybridized carbons (Fsp3) is 0.286. The van der Waals surface area contributed by atoms with Crippen molar-refractivity contribution in [3.05, 3.63) is 34.9 Å². The molecule has 2 rings (SSSR count). The molecule has 0 aliphatic carbocycles. The minimum absolute atomic E-state index is 0.417. The van der Waals surface area contributed by atoms with Gasteiger partial charge in [0.15, 0.2) is 0 Å². The molecule has 0 saturated carbocycles. The Morgan fingerprint density at radius 3 is 2.76 bits per heavy atom. The molecule has 1 N–H and O–H groups in total. The number of halogens is 1. The van der Waals surface area contributed by atoms with Gasteiger partial charge in [-0.1, -0.05) is 12.1 Å². The summed E-state index contributed by atoms with van der Waals surface area (Å²) in [5.41, 5.74) is 0.783. The van der Waals surface area contributed by atoms with Crippen LogP contribution in [0.25, 0.3) is 0 Å². The third-order valence-electron chi connectivity index (χ3n) is 2.59. The van der Waals surface area contributed by atoms with Gasteiger partial charge in [0.1, 0.15) is 12.4 Å². The molecule has 112 valence electrons. The smallest absolute Gasteiger partial charge is 0.232 e. The third kappa shape index (κ3) is 4.30. The minimum Gasteiger partial charge on any atom is -0.495 e. The van der Waals surface area contributed by atoms with Crippen LogP contribution in [0.1, 0.15) is 0 Å². The highest BCUT2D eigenvalue weighted by Crippen LogP contribution is 2.28. The van der Waals surface area contributed by atoms with Crippen molar-refractivity contribution in [2.24, 2.45) is 0 Å². The average Bonchev–Trinajstić information content (AvgIpc) is 2.51. The molecule has 1 aromatic heterocycles. The Balaban J connectivity index is 2.15. The summed E-state index contributed by atoms with van der Waals surface area (Å²) in [6.07, 6.45) is 1.63. The maximum absolute atomic E-state index is 5.52. The molecule has 2 aromatic rings. The molecule has 0 atom stereocenters. The molecule has 6 nitrogen and oxygen atoms in total. The number of para-hydroxylation sites is 2. The van der Waals surface area contributed by atoms with Crippen LogP contribution >= 0.6 is 15.9 Å². The molecule has 7 heteroatoms. The van der Waals surface area contributed by atoms with Crippen LogP contribution in [-0.4, -0.2) is 37.4 Å². The molecule has 1 heterocycles. The van der Waals surface area contributed by atoms with E-state index in [0.717, 1.165) is 5.69 Å². The predicted octanol–water partition coefficient (Wildman–Crippen LogP) is 3.02. The van der Waals surface area contributed by atoms with E-state index >= 15 is 0 Å². The maximum atomic E-state index is 5.52. The minimum atomic E-state index is 0.417. The Kier molecular flexibility index (Phi) is 5.77. The van der Waals surface area contributed by atoms with E-state index in [1.807, 2.05) is 24.3 Å². The van der Waals surface area contributed by atoms with Gasteiger partial charge in [-0.25, -0.2) is 4.98 Å². The quantitative estimate of drug-likeness (QED) is 0.771. The average molecular weight is 354 g/mol. The Morgan fingerprint density at radius 2 is 2.00 bits per heavy atom. The Bertz CT molecular complexity index is 595. The molecular formula is C14H16BrN3O3. The van der Waals surface area contributed by atoms with Crippen molar-refractivity contribution in [2.75, 3.05) is 32.8 Å². The lowest BCUT2D eigenvalue weighted by atomic mass is 10.3. The Hall–Kier alpha value is -1.86. The first-order valence-electron chi connectivity index (χ1n) is 6.29. The molecule has 0 aliphatic rings. The number of nitrogens with one attached hydrogen (secondary N) is 1. The fourth-order valence-electron chi connectivity index (χ4n) is 1.60. The van der Waals surface area contributed by atoms with E-state index in [2.05, 4.69) is 31.2 Å². The van der Waals surface area contributed by atoms with E-state index in [0.29, 0.717) is 35.3 Å². The summed E-state index contributed by atoms with van der Waals surface area (Å²) in [5, 5.41) is 3.10. The summed E-state index contributed by atoms with van der Waals surface area (Å²) in [6, 6.07) is 7.54. The van der Waals surface area contributed by atoms with Gasteiger partial charge in [-0.15, -0.1) is 0 Å². The van der Waals surface area contributed by atoms with Crippen molar-refractivity contribution in [2.45, 2.75) is 0 Å². The van der Waals surface area contributed by atoms with Crippen LogP contribution in [0.2, 0.25) is 0 Å². The number of hydrogen-bond donors (Lipinski definition) is 1. The van der Waals surface area contributed by atoms with E-state index in [1.165, 1.54) is 0 Å². The highest BCUT2D eigenvalue weighted by atomic mass is 79.9. The molecular weight excluding hydrogens is 338 g/mol. The summed E-state index contributed by atoms with van der Waals surface area (Å²) in [7, 11) is 3.23. The summed E-state index contributed by atoms with van der Waals surface area (Å²) in [6.45, 7) is 0.909. The Morgan fingerprint density at radius 1 is 1.19 bits per heavy atom. The molecule has 0 radical (unpaired) electrons. The Labute approximate surface area is 131 Å². The standard InChI is InChI=1S/C14H16BrN3O3/c1-19-7-8-21-13-10(15)9-16-14(18-13)17-11-5-3-4-6-12(11)20-2/h3-6,9H,7-8H2,1-2H3,(H,16,17,18). The maximum Gasteiger partial charge on any atom is 0.232 e. The van der Waals surface area contributed by atoms with Gasteiger partial charge >= 0.3 is 0 Å². The molecule has 0 bridgehead atoms. The lowest BCUT2D eigenvalue weighted by Crippen LogP contribution is -2.07. The second-order valence-corrected chi connectivity index (χ2v) is 4.87. The summed E-state index contributed by atoms with van der Waals surface area (Å²) in [4.78, 5) is 8.51. The van der Waals surface area contributed by atoms with Crippen molar-refractivity contribution in [3.8, 4) is 11.6 Å². The number of ether oxygens (including phenoxy) is 3. The molecule has 0 fully saturated rings. The fourth-order valence-corrected chi connectivity index (χ4v) is 1.91. The van der Waals surface area contributed by atoms with Crippen molar-refractivity contribution in [3.63, 3.8) is 0 Å². The number of methoxy groups -OCH3 is 2. The molecule has 0 spiro atoms. The van der Waals surface area contributed by atoms with Crippen molar-refractivity contribution >= 4 is 27.6 Å². The van der Waals surface area contributed by atoms with Crippen molar-refractivity contribution in [1.29, 1.82) is 0 Å². The number of anilines is 2. The van der Waals surface area contributed by atoms with Gasteiger partial charge in [0, 0.05) is 7.11 Å². The second-order valence-electron chi connectivity index (χ2n) is 4.01. The van der Waals surface area contributed by atoms with Gasteiger partial charge in [-0.2, -0.15) is 4.98 Å². The van der Waals surface area contributed by atoms with Crippen LogP contribution < -0.4 is 14.8 Å². The largest absolute Gasteiger partial charge is 0.495 e. The number of hydrogen-bond acceptors (Lipinski definition) is 6. The van der Waals surface area contributed by atoms with Crippen LogP contribution in [0.4, 0.5) is 11.6 Å². The first-order chi connectivity index (χ1) is 10.2. The van der Waals surface area contributed by atoms with Crippen LogP contribution in [0.3, 0.4) is 0 Å². The van der Waals surface area contributed by atoms with Crippen LogP contribution in [0, 0.1) is 0 Å². The summed E-state index contributed by atoms with van der Waals surface area (Å²) < 4.78 is 16.4. The van der Waals surface area contributed by atoms with E-state index in [-0.39, 0.29) is 0 Å². The van der Waals surface area contributed by atoms with Crippen LogP contribution in [0.15, 0.2) is 34.9 Å². The zero-order valence-electron chi connectivity index (χ0n) is 11.8. The highest BCUT2D eigenvalue weighted by molar-refractivity contribution is 9.10. The predicted molar refractivity (Wildman–Crippen MR) is 83.4 cm³/mol. The summed E-state index contributed by atoms with van der Waals surface area (Å²) in [5.74, 6) is 1.60. The van der Waals surface area contributed by atoms with E-state index in [9.17, 15) is 0 Å². The number of nitrogens with zero attached hydrogens (tertiary/aromatic N) is 2. The molecule has 21 heavy (non-hydrogen) atoms. The van der Waals surface area contributed by atoms with Gasteiger partial charge < -0.3 is 19.5 Å². The van der Waals surface area contributed by atoms with Gasteiger partial charge in [-0.3, -0.25) is 0 Å². The lowest BCUT2D eigenvalue weighted by Gasteiger charge is -2.11. The van der Waals surface area contributed by atoms with Crippen molar-refractivity contribution < 1.29 is 14.2 Å². The van der Waals surface area contributed by atoms with Crippen LogP contribution in [0.5, 0.6) is 11.6 Å². The van der Waals surface area contributed by atoms with E-state index in [1.54, 1.807) is 20.4 Å². The first kappa shape index (κ1) is 15.5.